The topological polar surface area (TPSA) is 24.6 Å². The quantitative estimate of drug-likeness (QED) is 0.164. The van der Waals surface area contributed by atoms with Crippen molar-refractivity contribution in [2.24, 2.45) is 0 Å². The molecule has 0 spiro atoms. The molecule has 1 atom stereocenters. The third-order valence-electron chi connectivity index (χ3n) is 15.8. The molecule has 5 heteroatoms. The SMILES string of the molecule is C1=CCCC(n2c3ccccc3c3c2ccc2c4ccccc4n(-c4ccc5c(c4)c4cc(-n6c7ccccc7c7c6ccc6c8ccccc8n(C8C=CC=CC8)c67)ccc4n5-c4ccccc4)c23)=C1. The number of hydrogen-bond donors (Lipinski definition) is 0. The van der Waals surface area contributed by atoms with E-state index in [2.05, 4.69) is 253 Å². The lowest BCUT2D eigenvalue weighted by atomic mass is 10.1. The van der Waals surface area contributed by atoms with Gasteiger partial charge in [-0.05, 0) is 110 Å². The summed E-state index contributed by atoms with van der Waals surface area (Å²) in [5, 5.41) is 12.6. The van der Waals surface area contributed by atoms with Crippen LogP contribution in [0.15, 0.2) is 231 Å². The van der Waals surface area contributed by atoms with E-state index >= 15 is 0 Å². The van der Waals surface area contributed by atoms with Crippen molar-refractivity contribution in [3.8, 4) is 17.1 Å². The van der Waals surface area contributed by atoms with Gasteiger partial charge in [-0.25, -0.2) is 0 Å². The zero-order chi connectivity index (χ0) is 46.3. The van der Waals surface area contributed by atoms with E-state index in [4.69, 9.17) is 0 Å². The zero-order valence-electron chi connectivity index (χ0n) is 38.9. The first-order valence-electron chi connectivity index (χ1n) is 25.0. The fourth-order valence-electron chi connectivity index (χ4n) is 12.9. The first-order chi connectivity index (χ1) is 35.3. The molecule has 16 rings (SSSR count). The van der Waals surface area contributed by atoms with Crippen LogP contribution in [0.2, 0.25) is 0 Å². The zero-order valence-corrected chi connectivity index (χ0v) is 38.9. The van der Waals surface area contributed by atoms with E-state index < -0.39 is 0 Å². The van der Waals surface area contributed by atoms with Crippen LogP contribution < -0.4 is 0 Å². The van der Waals surface area contributed by atoms with Gasteiger partial charge in [-0.3, -0.25) is 0 Å². The molecule has 0 saturated carbocycles. The molecular weight excluding hydrogens is 863 g/mol. The van der Waals surface area contributed by atoms with Crippen LogP contribution in [-0.4, -0.2) is 22.8 Å². The van der Waals surface area contributed by atoms with Gasteiger partial charge >= 0.3 is 0 Å². The molecule has 0 saturated heterocycles. The highest BCUT2D eigenvalue weighted by molar-refractivity contribution is 6.28. The molecule has 334 valence electrons. The molecule has 5 nitrogen and oxygen atoms in total. The molecule has 0 N–H and O–H groups in total. The van der Waals surface area contributed by atoms with Crippen LogP contribution in [0.3, 0.4) is 0 Å². The summed E-state index contributed by atoms with van der Waals surface area (Å²) in [7, 11) is 0. The van der Waals surface area contributed by atoms with Crippen molar-refractivity contribution in [1.29, 1.82) is 0 Å². The van der Waals surface area contributed by atoms with E-state index in [1.54, 1.807) is 0 Å². The number of para-hydroxylation sites is 5. The lowest BCUT2D eigenvalue weighted by Gasteiger charge is -2.19. The van der Waals surface area contributed by atoms with Gasteiger partial charge in [0.2, 0.25) is 0 Å². The lowest BCUT2D eigenvalue weighted by molar-refractivity contribution is 0.649. The van der Waals surface area contributed by atoms with Crippen molar-refractivity contribution in [3.63, 3.8) is 0 Å². The number of nitrogens with zero attached hydrogens (tertiary/aromatic N) is 5. The summed E-state index contributed by atoms with van der Waals surface area (Å²) in [6, 6.07) is 70.7. The average molecular weight is 908 g/mol. The van der Waals surface area contributed by atoms with Crippen LogP contribution in [0.4, 0.5) is 0 Å². The highest BCUT2D eigenvalue weighted by atomic mass is 15.0. The van der Waals surface area contributed by atoms with Crippen LogP contribution >= 0.6 is 0 Å². The summed E-state index contributed by atoms with van der Waals surface area (Å²) < 4.78 is 12.6. The van der Waals surface area contributed by atoms with Crippen molar-refractivity contribution < 1.29 is 0 Å². The molecule has 5 aromatic heterocycles. The monoisotopic (exact) mass is 907 g/mol. The van der Waals surface area contributed by atoms with Crippen molar-refractivity contribution >= 4 is 115 Å². The fraction of sp³-hybridized carbons (Fsp3) is 0.0606. The van der Waals surface area contributed by atoms with Gasteiger partial charge in [-0.2, -0.15) is 0 Å². The molecule has 1 unspecified atom stereocenters. The summed E-state index contributed by atoms with van der Waals surface area (Å²) >= 11 is 0. The Balaban J connectivity index is 0.989. The lowest BCUT2D eigenvalue weighted by Crippen LogP contribution is -2.07. The second kappa shape index (κ2) is 14.7. The number of aromatic nitrogens is 5. The molecule has 2 aliphatic carbocycles. The molecule has 14 aromatic rings. The van der Waals surface area contributed by atoms with Gasteiger partial charge in [-0.15, -0.1) is 0 Å². The van der Waals surface area contributed by atoms with E-state index in [1.807, 2.05) is 0 Å². The number of allylic oxidation sites excluding steroid dienone is 8. The van der Waals surface area contributed by atoms with Crippen LogP contribution in [0.1, 0.15) is 25.3 Å². The van der Waals surface area contributed by atoms with E-state index in [-0.39, 0.29) is 6.04 Å². The van der Waals surface area contributed by atoms with E-state index in [0.29, 0.717) is 0 Å². The molecule has 71 heavy (non-hydrogen) atoms. The average Bonchev–Trinajstić information content (AvgIpc) is 4.23. The third-order valence-corrected chi connectivity index (χ3v) is 15.8. The number of fused-ring (bicyclic) bond motifs is 17. The molecule has 0 amide bonds. The molecule has 0 aliphatic heterocycles. The fourth-order valence-corrected chi connectivity index (χ4v) is 12.9. The van der Waals surface area contributed by atoms with Crippen molar-refractivity contribution in [3.05, 3.63) is 231 Å². The molecule has 0 radical (unpaired) electrons. The van der Waals surface area contributed by atoms with Crippen LogP contribution in [0.5, 0.6) is 0 Å². The maximum atomic E-state index is 2.60. The molecule has 0 fully saturated rings. The Morgan fingerprint density at radius 2 is 0.859 bits per heavy atom. The summed E-state index contributed by atoms with van der Waals surface area (Å²) in [6.45, 7) is 0. The summed E-state index contributed by atoms with van der Waals surface area (Å²) in [5.74, 6) is 0. The van der Waals surface area contributed by atoms with Gasteiger partial charge in [0.05, 0.1) is 55.7 Å². The Labute approximate surface area is 408 Å². The van der Waals surface area contributed by atoms with Gasteiger partial charge in [0.1, 0.15) is 0 Å². The van der Waals surface area contributed by atoms with Crippen molar-refractivity contribution in [2.45, 2.75) is 25.3 Å². The minimum atomic E-state index is 0.223. The van der Waals surface area contributed by atoms with Crippen LogP contribution in [-0.2, 0) is 0 Å². The van der Waals surface area contributed by atoms with Crippen LogP contribution in [0.25, 0.3) is 132 Å². The van der Waals surface area contributed by atoms with Gasteiger partial charge in [-0.1, -0.05) is 140 Å². The van der Waals surface area contributed by atoms with Crippen molar-refractivity contribution in [2.75, 3.05) is 0 Å². The Kier molecular flexibility index (Phi) is 8.06. The first kappa shape index (κ1) is 38.9. The molecule has 9 aromatic carbocycles. The second-order valence-corrected chi connectivity index (χ2v) is 19.5. The summed E-state index contributed by atoms with van der Waals surface area (Å²) in [4.78, 5) is 0. The predicted molar refractivity (Wildman–Crippen MR) is 300 cm³/mol. The molecule has 0 bridgehead atoms. The Hall–Kier alpha value is -9.06. The minimum Gasteiger partial charge on any atom is -0.333 e. The normalized spacial score (nSPS) is 15.2. The van der Waals surface area contributed by atoms with E-state index in [1.165, 1.54) is 115 Å². The molecule has 5 heterocycles. The highest BCUT2D eigenvalue weighted by Gasteiger charge is 2.25. The smallest absolute Gasteiger partial charge is 0.0641 e. The van der Waals surface area contributed by atoms with E-state index in [0.717, 1.165) is 36.3 Å². The highest BCUT2D eigenvalue weighted by Crippen LogP contribution is 2.46. The van der Waals surface area contributed by atoms with Gasteiger partial charge in [0.15, 0.2) is 0 Å². The number of hydrogen-bond acceptors (Lipinski definition) is 0. The maximum absolute atomic E-state index is 2.60. The third kappa shape index (κ3) is 5.35. The van der Waals surface area contributed by atoms with Crippen molar-refractivity contribution in [1.82, 2.24) is 22.8 Å². The van der Waals surface area contributed by atoms with Crippen LogP contribution in [0, 0.1) is 0 Å². The first-order valence-corrected chi connectivity index (χ1v) is 25.0. The van der Waals surface area contributed by atoms with Gasteiger partial charge < -0.3 is 22.8 Å². The minimum absolute atomic E-state index is 0.223. The standard InChI is InChI=1S/C66H45N5/c1-4-18-42(19-5-1)67-59-36-32-45(69-58-31-17-13-27-52(58)64-62(69)39-35-49-47-24-10-14-28-55(47)70(65(49)64)44-22-8-3-9-23-44)40-53(59)54-41-46(33-37-60(54)67)71-56-29-15-11-25-48(56)50-34-38-61-63(66(50)71)51-26-12-16-30-57(51)68(61)43-20-6-2-7-21-43/h1-6,8-20,22,24-41,44H,7,21,23H2. The number of rotatable bonds is 5. The Bertz CT molecular complexity index is 4720. The summed E-state index contributed by atoms with van der Waals surface area (Å²) in [5.41, 5.74) is 17.0. The second-order valence-electron chi connectivity index (χ2n) is 19.5. The van der Waals surface area contributed by atoms with E-state index in [9.17, 15) is 0 Å². The Morgan fingerprint density at radius 1 is 0.338 bits per heavy atom. The van der Waals surface area contributed by atoms with Gasteiger partial charge in [0.25, 0.3) is 0 Å². The number of benzene rings is 9. The summed E-state index contributed by atoms with van der Waals surface area (Å²) in [6.07, 6.45) is 18.9. The van der Waals surface area contributed by atoms with Gasteiger partial charge in [0, 0.05) is 82.1 Å². The molecular formula is C66H45N5. The maximum Gasteiger partial charge on any atom is 0.0641 e. The largest absolute Gasteiger partial charge is 0.333 e. The Morgan fingerprint density at radius 3 is 1.52 bits per heavy atom. The predicted octanol–water partition coefficient (Wildman–Crippen LogP) is 17.4. The molecule has 2 aliphatic rings.